The second-order valence-electron chi connectivity index (χ2n) is 4.05. The van der Waals surface area contributed by atoms with E-state index in [0.717, 1.165) is 5.56 Å². The van der Waals surface area contributed by atoms with Crippen molar-refractivity contribution < 1.29 is 0 Å². The van der Waals surface area contributed by atoms with Gasteiger partial charge in [0.05, 0.1) is 12.7 Å². The van der Waals surface area contributed by atoms with E-state index in [-0.39, 0.29) is 11.1 Å². The van der Waals surface area contributed by atoms with Crippen molar-refractivity contribution in [1.29, 1.82) is 10.5 Å². The number of nitrogens with zero attached hydrogens (tertiary/aromatic N) is 4. The molecule has 2 rings (SSSR count). The molecule has 20 heavy (non-hydrogen) atoms. The van der Waals surface area contributed by atoms with Crippen LogP contribution in [0.25, 0.3) is 6.08 Å². The number of hydrogen-bond donors (Lipinski definition) is 0. The van der Waals surface area contributed by atoms with E-state index < -0.39 is 0 Å². The van der Waals surface area contributed by atoms with Crippen LogP contribution in [0.1, 0.15) is 11.1 Å². The molecule has 5 heteroatoms. The Morgan fingerprint density at radius 3 is 2.55 bits per heavy atom. The lowest BCUT2D eigenvalue weighted by Gasteiger charge is -2.04. The molecule has 0 fully saturated rings. The monoisotopic (exact) mass is 262 g/mol. The minimum Gasteiger partial charge on any atom is -0.268 e. The zero-order chi connectivity index (χ0) is 14.4. The molecular weight excluding hydrogens is 252 g/mol. The van der Waals surface area contributed by atoms with Crippen LogP contribution >= 0.6 is 0 Å². The molecule has 0 aliphatic rings. The molecule has 0 saturated carbocycles. The van der Waals surface area contributed by atoms with Gasteiger partial charge in [-0.05, 0) is 11.6 Å². The second-order valence-corrected chi connectivity index (χ2v) is 4.05. The standard InChI is InChI=1S/C15H10N4O/c16-8-14(9-17)6-13-7-15(20)19(18-10-13)11-12-4-2-1-3-5-12/h1-7,10H,11H2. The van der Waals surface area contributed by atoms with E-state index in [4.69, 9.17) is 10.5 Å². The van der Waals surface area contributed by atoms with Gasteiger partial charge in [-0.2, -0.15) is 15.6 Å². The topological polar surface area (TPSA) is 82.5 Å². The van der Waals surface area contributed by atoms with Crippen molar-refractivity contribution in [3.05, 3.63) is 69.6 Å². The summed E-state index contributed by atoms with van der Waals surface area (Å²) in [6.45, 7) is 0.382. The molecule has 0 aliphatic heterocycles. The summed E-state index contributed by atoms with van der Waals surface area (Å²) in [5, 5.41) is 21.4. The fourth-order valence-corrected chi connectivity index (χ4v) is 1.66. The third-order valence-corrected chi connectivity index (χ3v) is 2.62. The lowest BCUT2D eigenvalue weighted by atomic mass is 10.2. The van der Waals surface area contributed by atoms with Crippen LogP contribution in [0.3, 0.4) is 0 Å². The smallest absolute Gasteiger partial charge is 0.267 e. The number of allylic oxidation sites excluding steroid dienone is 1. The summed E-state index contributed by atoms with van der Waals surface area (Å²) in [6, 6.07) is 14.3. The lowest BCUT2D eigenvalue weighted by molar-refractivity contribution is 0.638. The van der Waals surface area contributed by atoms with Gasteiger partial charge in [-0.3, -0.25) is 4.79 Å². The first kappa shape index (κ1) is 13.3. The highest BCUT2D eigenvalue weighted by molar-refractivity contribution is 5.60. The van der Waals surface area contributed by atoms with Crippen molar-refractivity contribution in [2.45, 2.75) is 6.54 Å². The molecule has 96 valence electrons. The quantitative estimate of drug-likeness (QED) is 0.788. The maximum Gasteiger partial charge on any atom is 0.267 e. The molecule has 1 aromatic heterocycles. The normalized spacial score (nSPS) is 9.30. The summed E-state index contributed by atoms with van der Waals surface area (Å²) >= 11 is 0. The van der Waals surface area contributed by atoms with Gasteiger partial charge in [-0.1, -0.05) is 30.3 Å². The summed E-state index contributed by atoms with van der Waals surface area (Å²) < 4.78 is 1.32. The minimum absolute atomic E-state index is 0.0630. The van der Waals surface area contributed by atoms with E-state index in [1.807, 2.05) is 30.3 Å². The van der Waals surface area contributed by atoms with E-state index in [9.17, 15) is 4.79 Å². The molecule has 0 N–H and O–H groups in total. The molecular formula is C15H10N4O. The Morgan fingerprint density at radius 2 is 1.95 bits per heavy atom. The number of aromatic nitrogens is 2. The zero-order valence-corrected chi connectivity index (χ0v) is 10.5. The summed E-state index contributed by atoms with van der Waals surface area (Å²) in [4.78, 5) is 11.9. The van der Waals surface area contributed by atoms with Crippen LogP contribution in [-0.4, -0.2) is 9.78 Å². The Bertz CT molecular complexity index is 760. The van der Waals surface area contributed by atoms with Gasteiger partial charge in [-0.15, -0.1) is 0 Å². The van der Waals surface area contributed by atoms with Gasteiger partial charge < -0.3 is 0 Å². The Hall–Kier alpha value is -3.18. The molecule has 1 aromatic carbocycles. The molecule has 0 bridgehead atoms. The second kappa shape index (κ2) is 6.12. The fourth-order valence-electron chi connectivity index (χ4n) is 1.66. The van der Waals surface area contributed by atoms with Crippen LogP contribution in [0.2, 0.25) is 0 Å². The molecule has 0 aliphatic carbocycles. The largest absolute Gasteiger partial charge is 0.268 e. The van der Waals surface area contributed by atoms with E-state index in [1.54, 1.807) is 12.1 Å². The highest BCUT2D eigenvalue weighted by Crippen LogP contribution is 2.03. The van der Waals surface area contributed by atoms with Gasteiger partial charge in [0.2, 0.25) is 0 Å². The van der Waals surface area contributed by atoms with Crippen LogP contribution in [0, 0.1) is 22.7 Å². The third-order valence-electron chi connectivity index (χ3n) is 2.62. The van der Waals surface area contributed by atoms with E-state index in [2.05, 4.69) is 5.10 Å². The predicted octanol–water partition coefficient (Wildman–Crippen LogP) is 1.72. The minimum atomic E-state index is -0.280. The van der Waals surface area contributed by atoms with Crippen LogP contribution in [0.15, 0.2) is 53.0 Å². The fraction of sp³-hybridized carbons (Fsp3) is 0.0667. The van der Waals surface area contributed by atoms with Crippen LogP contribution < -0.4 is 5.56 Å². The van der Waals surface area contributed by atoms with E-state index in [0.29, 0.717) is 12.1 Å². The summed E-state index contributed by atoms with van der Waals surface area (Å²) in [5.74, 6) is 0. The molecule has 0 radical (unpaired) electrons. The highest BCUT2D eigenvalue weighted by Gasteiger charge is 2.01. The third kappa shape index (κ3) is 3.18. The van der Waals surface area contributed by atoms with Crippen molar-refractivity contribution in [3.8, 4) is 12.1 Å². The Balaban J connectivity index is 2.28. The number of hydrogen-bond acceptors (Lipinski definition) is 4. The van der Waals surface area contributed by atoms with Crippen LogP contribution in [0.4, 0.5) is 0 Å². The maximum absolute atomic E-state index is 11.9. The molecule has 0 saturated heterocycles. The molecule has 0 atom stereocenters. The van der Waals surface area contributed by atoms with Gasteiger partial charge >= 0.3 is 0 Å². The number of benzene rings is 1. The molecule has 0 spiro atoms. The Kier molecular flexibility index (Phi) is 4.06. The van der Waals surface area contributed by atoms with E-state index in [1.165, 1.54) is 23.0 Å². The van der Waals surface area contributed by atoms with Crippen molar-refractivity contribution in [3.63, 3.8) is 0 Å². The van der Waals surface area contributed by atoms with E-state index >= 15 is 0 Å². The maximum atomic E-state index is 11.9. The average Bonchev–Trinajstić information content (AvgIpc) is 2.48. The van der Waals surface area contributed by atoms with Gasteiger partial charge in [0.25, 0.3) is 5.56 Å². The number of rotatable bonds is 3. The summed E-state index contributed by atoms with van der Waals surface area (Å²) in [6.07, 6.45) is 2.79. The van der Waals surface area contributed by atoms with Crippen LogP contribution in [0.5, 0.6) is 0 Å². The molecule has 5 nitrogen and oxygen atoms in total. The summed E-state index contributed by atoms with van der Waals surface area (Å²) in [5.41, 5.74) is 1.07. The number of nitriles is 2. The van der Waals surface area contributed by atoms with Crippen LogP contribution in [-0.2, 0) is 6.54 Å². The highest BCUT2D eigenvalue weighted by atomic mass is 16.1. The summed E-state index contributed by atoms with van der Waals surface area (Å²) in [7, 11) is 0. The van der Waals surface area contributed by atoms with Gasteiger partial charge in [0, 0.05) is 11.6 Å². The molecule has 0 amide bonds. The molecule has 0 unspecified atom stereocenters. The zero-order valence-electron chi connectivity index (χ0n) is 10.5. The van der Waals surface area contributed by atoms with Gasteiger partial charge in [0.1, 0.15) is 17.7 Å². The van der Waals surface area contributed by atoms with Crippen molar-refractivity contribution in [2.24, 2.45) is 0 Å². The van der Waals surface area contributed by atoms with Gasteiger partial charge in [0.15, 0.2) is 0 Å². The Labute approximate surface area is 115 Å². The first-order valence-corrected chi connectivity index (χ1v) is 5.86. The van der Waals surface area contributed by atoms with Crippen molar-refractivity contribution >= 4 is 6.08 Å². The lowest BCUT2D eigenvalue weighted by Crippen LogP contribution is -2.22. The average molecular weight is 262 g/mol. The molecule has 2 aromatic rings. The van der Waals surface area contributed by atoms with Crippen molar-refractivity contribution in [2.75, 3.05) is 0 Å². The SMILES string of the molecule is N#CC(C#N)=Cc1cnn(Cc2ccccc2)c(=O)c1. The van der Waals surface area contributed by atoms with Gasteiger partial charge in [-0.25, -0.2) is 4.68 Å². The molecule has 1 heterocycles. The Morgan fingerprint density at radius 1 is 1.25 bits per heavy atom. The first-order chi connectivity index (χ1) is 9.72. The predicted molar refractivity (Wildman–Crippen MR) is 73.2 cm³/mol. The first-order valence-electron chi connectivity index (χ1n) is 5.86. The van der Waals surface area contributed by atoms with Crippen molar-refractivity contribution in [1.82, 2.24) is 9.78 Å².